The fraction of sp³-hybridized carbons (Fsp3) is 0.333. The molecule has 2 aromatic rings. The lowest BCUT2D eigenvalue weighted by Gasteiger charge is -2.10. The molecule has 0 aliphatic rings. The molecule has 0 fully saturated rings. The molecule has 1 aromatic heterocycles. The van der Waals surface area contributed by atoms with Crippen molar-refractivity contribution in [2.24, 2.45) is 10.7 Å². The molecule has 2 rings (SSSR count). The summed E-state index contributed by atoms with van der Waals surface area (Å²) in [4.78, 5) is 8.62. The number of hydrogen-bond donors (Lipinski definition) is 2. The summed E-state index contributed by atoms with van der Waals surface area (Å²) in [6.45, 7) is 3.69. The van der Waals surface area contributed by atoms with Gasteiger partial charge >= 0.3 is 0 Å². The molecule has 0 radical (unpaired) electrons. The largest absolute Gasteiger partial charge is 0.493 e. The number of nitrogens with one attached hydrogen (secondary N) is 1. The van der Waals surface area contributed by atoms with Gasteiger partial charge in [0.05, 0.1) is 20.3 Å². The molecule has 0 bridgehead atoms. The Balaban J connectivity index is 0.00000312. The van der Waals surface area contributed by atoms with Crippen LogP contribution in [-0.2, 0) is 13.0 Å². The summed E-state index contributed by atoms with van der Waals surface area (Å²) in [5, 5.41) is 3.10. The zero-order valence-corrected chi connectivity index (χ0v) is 16.9. The van der Waals surface area contributed by atoms with E-state index in [4.69, 9.17) is 15.2 Å². The van der Waals surface area contributed by atoms with Crippen LogP contribution in [0.4, 0.5) is 0 Å². The van der Waals surface area contributed by atoms with Crippen LogP contribution in [0.2, 0.25) is 0 Å². The molecule has 0 aliphatic carbocycles. The van der Waals surface area contributed by atoms with Gasteiger partial charge in [-0.3, -0.25) is 4.98 Å². The minimum absolute atomic E-state index is 0. The van der Waals surface area contributed by atoms with Crippen LogP contribution in [0.3, 0.4) is 0 Å². The molecule has 0 saturated carbocycles. The molecule has 6 nitrogen and oxygen atoms in total. The van der Waals surface area contributed by atoms with Gasteiger partial charge in [0.1, 0.15) is 0 Å². The van der Waals surface area contributed by atoms with E-state index in [1.807, 2.05) is 43.3 Å². The third-order valence-electron chi connectivity index (χ3n) is 3.37. The van der Waals surface area contributed by atoms with Crippen LogP contribution in [0, 0.1) is 0 Å². The summed E-state index contributed by atoms with van der Waals surface area (Å²) in [5.74, 6) is 1.85. The van der Waals surface area contributed by atoms with Crippen LogP contribution in [-0.4, -0.2) is 31.2 Å². The SMILES string of the molecule is CCOc1cc(CN=C(N)NCCc2ccccn2)ccc1OC.I. The number of ether oxygens (including phenoxy) is 2. The number of guanidine groups is 1. The number of aliphatic imine (C=N–C) groups is 1. The van der Waals surface area contributed by atoms with E-state index in [1.54, 1.807) is 13.3 Å². The van der Waals surface area contributed by atoms with Gasteiger partial charge in [-0.2, -0.15) is 0 Å². The van der Waals surface area contributed by atoms with Gasteiger partial charge in [-0.25, -0.2) is 4.99 Å². The molecule has 1 heterocycles. The van der Waals surface area contributed by atoms with Crippen molar-refractivity contribution < 1.29 is 9.47 Å². The lowest BCUT2D eigenvalue weighted by atomic mass is 10.2. The molecule has 0 spiro atoms. The average Bonchev–Trinajstić information content (AvgIpc) is 2.61. The Hall–Kier alpha value is -2.03. The van der Waals surface area contributed by atoms with Crippen LogP contribution in [0.25, 0.3) is 0 Å². The lowest BCUT2D eigenvalue weighted by molar-refractivity contribution is 0.310. The van der Waals surface area contributed by atoms with Crippen molar-refractivity contribution in [3.05, 3.63) is 53.9 Å². The molecule has 0 amide bonds. The number of nitrogens with zero attached hydrogens (tertiary/aromatic N) is 2. The molecule has 0 saturated heterocycles. The van der Waals surface area contributed by atoms with E-state index in [0.29, 0.717) is 31.4 Å². The van der Waals surface area contributed by atoms with Crippen LogP contribution in [0.5, 0.6) is 11.5 Å². The molecule has 0 atom stereocenters. The zero-order valence-electron chi connectivity index (χ0n) is 14.6. The monoisotopic (exact) mass is 456 g/mol. The van der Waals surface area contributed by atoms with Gasteiger partial charge in [0.25, 0.3) is 0 Å². The van der Waals surface area contributed by atoms with E-state index < -0.39 is 0 Å². The molecule has 25 heavy (non-hydrogen) atoms. The number of rotatable bonds is 8. The third kappa shape index (κ3) is 7.16. The van der Waals surface area contributed by atoms with Crippen molar-refractivity contribution in [3.63, 3.8) is 0 Å². The predicted molar refractivity (Wildman–Crippen MR) is 111 cm³/mol. The smallest absolute Gasteiger partial charge is 0.188 e. The summed E-state index contributed by atoms with van der Waals surface area (Å²) in [6, 6.07) is 11.6. The molecular weight excluding hydrogens is 431 g/mol. The maximum Gasteiger partial charge on any atom is 0.188 e. The van der Waals surface area contributed by atoms with Crippen molar-refractivity contribution in [1.82, 2.24) is 10.3 Å². The highest BCUT2D eigenvalue weighted by Gasteiger charge is 2.05. The van der Waals surface area contributed by atoms with Crippen molar-refractivity contribution in [2.45, 2.75) is 19.9 Å². The first-order chi connectivity index (χ1) is 11.7. The minimum Gasteiger partial charge on any atom is -0.493 e. The topological polar surface area (TPSA) is 81.8 Å². The van der Waals surface area contributed by atoms with Gasteiger partial charge in [0.2, 0.25) is 0 Å². The quantitative estimate of drug-likeness (QED) is 0.363. The fourth-order valence-electron chi connectivity index (χ4n) is 2.18. The summed E-state index contributed by atoms with van der Waals surface area (Å²) in [5.41, 5.74) is 7.93. The number of nitrogens with two attached hydrogens (primary N) is 1. The normalized spacial score (nSPS) is 10.7. The molecule has 3 N–H and O–H groups in total. The second-order valence-corrected chi connectivity index (χ2v) is 5.12. The summed E-state index contributed by atoms with van der Waals surface area (Å²) in [6.07, 6.45) is 2.58. The first-order valence-corrected chi connectivity index (χ1v) is 7.96. The maximum absolute atomic E-state index is 5.90. The van der Waals surface area contributed by atoms with Gasteiger partial charge in [-0.15, -0.1) is 24.0 Å². The fourth-order valence-corrected chi connectivity index (χ4v) is 2.18. The molecule has 136 valence electrons. The summed E-state index contributed by atoms with van der Waals surface area (Å²) < 4.78 is 10.8. The Morgan fingerprint density at radius 3 is 2.76 bits per heavy atom. The number of halogens is 1. The molecule has 0 aliphatic heterocycles. The summed E-state index contributed by atoms with van der Waals surface area (Å²) in [7, 11) is 1.62. The Kier molecular flexibility index (Phi) is 9.68. The zero-order chi connectivity index (χ0) is 17.2. The first kappa shape index (κ1) is 21.0. The Bertz CT molecular complexity index is 665. The number of aromatic nitrogens is 1. The second kappa shape index (κ2) is 11.5. The van der Waals surface area contributed by atoms with Crippen LogP contribution in [0.15, 0.2) is 47.6 Å². The lowest BCUT2D eigenvalue weighted by Crippen LogP contribution is -2.33. The van der Waals surface area contributed by atoms with E-state index in [1.165, 1.54) is 0 Å². The van der Waals surface area contributed by atoms with Gasteiger partial charge in [-0.05, 0) is 36.8 Å². The Labute approximate surface area is 165 Å². The highest BCUT2D eigenvalue weighted by atomic mass is 127. The standard InChI is InChI=1S/C18H24N4O2.HI/c1-3-24-17-12-14(7-8-16(17)23-2)13-22-18(19)21-11-9-15-6-4-5-10-20-15;/h4-8,10,12H,3,9,11,13H2,1-2H3,(H3,19,21,22);1H. The van der Waals surface area contributed by atoms with Gasteiger partial charge < -0.3 is 20.5 Å². The molecule has 7 heteroatoms. The average molecular weight is 456 g/mol. The molecule has 1 aromatic carbocycles. The second-order valence-electron chi connectivity index (χ2n) is 5.12. The van der Waals surface area contributed by atoms with E-state index in [9.17, 15) is 0 Å². The minimum atomic E-state index is 0. The van der Waals surface area contributed by atoms with Crippen LogP contribution in [0.1, 0.15) is 18.2 Å². The Morgan fingerprint density at radius 1 is 1.24 bits per heavy atom. The number of hydrogen-bond acceptors (Lipinski definition) is 4. The number of benzene rings is 1. The number of pyridine rings is 1. The molecule has 0 unspecified atom stereocenters. The van der Waals surface area contributed by atoms with E-state index in [2.05, 4.69) is 15.3 Å². The Morgan fingerprint density at radius 2 is 2.08 bits per heavy atom. The highest BCUT2D eigenvalue weighted by molar-refractivity contribution is 14.0. The van der Waals surface area contributed by atoms with E-state index >= 15 is 0 Å². The first-order valence-electron chi connectivity index (χ1n) is 7.96. The highest BCUT2D eigenvalue weighted by Crippen LogP contribution is 2.28. The van der Waals surface area contributed by atoms with Gasteiger partial charge in [0.15, 0.2) is 17.5 Å². The van der Waals surface area contributed by atoms with Crippen LogP contribution >= 0.6 is 24.0 Å². The van der Waals surface area contributed by atoms with Crippen LogP contribution < -0.4 is 20.5 Å². The van der Waals surface area contributed by atoms with Crippen molar-refractivity contribution >= 4 is 29.9 Å². The third-order valence-corrected chi connectivity index (χ3v) is 3.37. The van der Waals surface area contributed by atoms with Crippen molar-refractivity contribution in [2.75, 3.05) is 20.3 Å². The number of methoxy groups -OCH3 is 1. The van der Waals surface area contributed by atoms with Gasteiger partial charge in [0, 0.05) is 24.9 Å². The van der Waals surface area contributed by atoms with Crippen molar-refractivity contribution in [3.8, 4) is 11.5 Å². The van der Waals surface area contributed by atoms with Gasteiger partial charge in [-0.1, -0.05) is 12.1 Å². The van der Waals surface area contributed by atoms with Crippen molar-refractivity contribution in [1.29, 1.82) is 0 Å². The molecular formula is C18H25IN4O2. The summed E-state index contributed by atoms with van der Waals surface area (Å²) >= 11 is 0. The van der Waals surface area contributed by atoms with E-state index in [-0.39, 0.29) is 24.0 Å². The van der Waals surface area contributed by atoms with E-state index in [0.717, 1.165) is 23.4 Å². The predicted octanol–water partition coefficient (Wildman–Crippen LogP) is 2.75. The maximum atomic E-state index is 5.90.